The predicted octanol–water partition coefficient (Wildman–Crippen LogP) is 3.45. The molecule has 3 aromatic rings. The van der Waals surface area contributed by atoms with Crippen molar-refractivity contribution >= 4 is 56.4 Å². The number of amides is 1. The van der Waals surface area contributed by atoms with E-state index in [1.807, 2.05) is 16.7 Å². The van der Waals surface area contributed by atoms with Crippen molar-refractivity contribution in [2.45, 2.75) is 13.0 Å². The summed E-state index contributed by atoms with van der Waals surface area (Å²) >= 11 is 8.41. The van der Waals surface area contributed by atoms with Crippen LogP contribution in [-0.4, -0.2) is 30.3 Å². The number of halogens is 1. The van der Waals surface area contributed by atoms with Gasteiger partial charge in [0.1, 0.15) is 0 Å². The van der Waals surface area contributed by atoms with Crippen LogP contribution >= 0.6 is 34.3 Å². The molecule has 3 heterocycles. The summed E-state index contributed by atoms with van der Waals surface area (Å²) in [5.41, 5.74) is 0.809. The van der Waals surface area contributed by atoms with Gasteiger partial charge in [0.2, 0.25) is 6.79 Å². The van der Waals surface area contributed by atoms with E-state index in [2.05, 4.69) is 4.99 Å². The second-order valence-electron chi connectivity index (χ2n) is 5.56. The van der Waals surface area contributed by atoms with Crippen molar-refractivity contribution in [3.05, 3.63) is 38.3 Å². The molecule has 0 radical (unpaired) electrons. The predicted molar refractivity (Wildman–Crippen MR) is 102 cm³/mol. The molecule has 0 fully saturated rings. The molecular weight excluding hydrogens is 412 g/mol. The van der Waals surface area contributed by atoms with Gasteiger partial charge in [-0.2, -0.15) is 4.99 Å². The van der Waals surface area contributed by atoms with Gasteiger partial charge in [-0.1, -0.05) is 22.9 Å². The van der Waals surface area contributed by atoms with Crippen molar-refractivity contribution in [1.82, 2.24) is 4.57 Å². The summed E-state index contributed by atoms with van der Waals surface area (Å²) in [5, 5.41) is 0. The number of methoxy groups -OCH3 is 1. The van der Waals surface area contributed by atoms with E-state index in [0.717, 1.165) is 10.2 Å². The zero-order valence-corrected chi connectivity index (χ0v) is 16.4. The Hall–Kier alpha value is -2.36. The van der Waals surface area contributed by atoms with Gasteiger partial charge in [-0.3, -0.25) is 9.59 Å². The maximum atomic E-state index is 12.5. The van der Waals surface area contributed by atoms with E-state index >= 15 is 0 Å². The van der Waals surface area contributed by atoms with Crippen molar-refractivity contribution in [1.29, 1.82) is 0 Å². The Morgan fingerprint density at radius 2 is 2.04 bits per heavy atom. The summed E-state index contributed by atoms with van der Waals surface area (Å²) in [5.74, 6) is 0.539. The molecule has 0 bridgehead atoms. The molecule has 0 atom stereocenters. The molecule has 0 N–H and O–H groups in total. The molecule has 0 saturated heterocycles. The number of carbonyl (C=O) groups is 2. The second-order valence-corrected chi connectivity index (χ2v) is 8.28. The number of nitrogens with zero attached hydrogens (tertiary/aromatic N) is 2. The van der Waals surface area contributed by atoms with E-state index in [1.165, 1.54) is 29.8 Å². The van der Waals surface area contributed by atoms with Gasteiger partial charge in [-0.25, -0.2) is 0 Å². The van der Waals surface area contributed by atoms with Crippen LogP contribution < -0.4 is 14.3 Å². The zero-order valence-electron chi connectivity index (χ0n) is 14.1. The number of hydrogen-bond donors (Lipinski definition) is 0. The number of ether oxygens (including phenoxy) is 3. The molecule has 27 heavy (non-hydrogen) atoms. The van der Waals surface area contributed by atoms with Gasteiger partial charge >= 0.3 is 5.97 Å². The molecule has 1 aromatic carbocycles. The minimum atomic E-state index is -0.384. The van der Waals surface area contributed by atoms with Gasteiger partial charge in [0, 0.05) is 18.7 Å². The normalized spacial score (nSPS) is 13.3. The molecule has 0 unspecified atom stereocenters. The number of fused-ring (bicyclic) bond motifs is 2. The summed E-state index contributed by atoms with van der Waals surface area (Å²) in [4.78, 5) is 29.3. The van der Waals surface area contributed by atoms with Crippen LogP contribution in [0.25, 0.3) is 10.2 Å². The number of aromatic nitrogens is 1. The monoisotopic (exact) mass is 424 g/mol. The highest BCUT2D eigenvalue weighted by Crippen LogP contribution is 2.37. The van der Waals surface area contributed by atoms with Crippen molar-refractivity contribution in [3.63, 3.8) is 0 Å². The largest absolute Gasteiger partial charge is 0.469 e. The highest BCUT2D eigenvalue weighted by atomic mass is 35.5. The smallest absolute Gasteiger partial charge is 0.307 e. The fourth-order valence-electron chi connectivity index (χ4n) is 2.64. The molecule has 0 spiro atoms. The average Bonchev–Trinajstić information content (AvgIpc) is 3.36. The third-order valence-electron chi connectivity index (χ3n) is 3.93. The van der Waals surface area contributed by atoms with Crippen LogP contribution in [0.5, 0.6) is 11.5 Å². The number of esters is 1. The molecule has 0 saturated carbocycles. The Kier molecular flexibility index (Phi) is 4.90. The molecule has 10 heteroatoms. The molecule has 0 aliphatic carbocycles. The maximum Gasteiger partial charge on any atom is 0.307 e. The molecule has 4 rings (SSSR count). The van der Waals surface area contributed by atoms with Gasteiger partial charge in [0.15, 0.2) is 16.3 Å². The van der Waals surface area contributed by atoms with Crippen LogP contribution in [0, 0.1) is 0 Å². The first-order valence-electron chi connectivity index (χ1n) is 7.89. The Morgan fingerprint density at radius 3 is 2.74 bits per heavy atom. The van der Waals surface area contributed by atoms with Gasteiger partial charge in [-0.05, 0) is 12.1 Å². The number of rotatable bonds is 4. The minimum absolute atomic E-state index is 0.156. The molecular formula is C17H13ClN2O5S2. The Bertz CT molecular complexity index is 1110. The summed E-state index contributed by atoms with van der Waals surface area (Å²) < 4.78 is 18.8. The lowest BCUT2D eigenvalue weighted by molar-refractivity contribution is -0.140. The lowest BCUT2D eigenvalue weighted by Crippen LogP contribution is -2.19. The van der Waals surface area contributed by atoms with E-state index in [4.69, 9.17) is 25.8 Å². The fraction of sp³-hybridized carbons (Fsp3) is 0.235. The highest BCUT2D eigenvalue weighted by molar-refractivity contribution is 7.18. The van der Waals surface area contributed by atoms with Crippen molar-refractivity contribution in [3.8, 4) is 11.5 Å². The number of thiophene rings is 1. The lowest BCUT2D eigenvalue weighted by Gasteiger charge is -2.05. The molecule has 7 nitrogen and oxygen atoms in total. The average molecular weight is 425 g/mol. The van der Waals surface area contributed by atoms with Crippen molar-refractivity contribution < 1.29 is 23.8 Å². The van der Waals surface area contributed by atoms with Crippen LogP contribution in [0.4, 0.5) is 0 Å². The topological polar surface area (TPSA) is 79.1 Å². The van der Waals surface area contributed by atoms with Gasteiger partial charge in [0.05, 0.1) is 33.0 Å². The number of benzene rings is 1. The van der Waals surface area contributed by atoms with E-state index in [9.17, 15) is 9.59 Å². The third kappa shape index (κ3) is 3.58. The molecule has 1 aliphatic rings. The van der Waals surface area contributed by atoms with Crippen LogP contribution in [0.15, 0.2) is 29.3 Å². The first kappa shape index (κ1) is 18.0. The number of thiazole rings is 1. The SMILES string of the molecule is COC(=O)CCn1c(=NC(=O)c2ccc(Cl)s2)sc2cc3c(cc21)OCO3. The summed E-state index contributed by atoms with van der Waals surface area (Å²) in [7, 11) is 1.34. The van der Waals surface area contributed by atoms with Gasteiger partial charge in [0.25, 0.3) is 5.91 Å². The van der Waals surface area contributed by atoms with Crippen molar-refractivity contribution in [2.75, 3.05) is 13.9 Å². The maximum absolute atomic E-state index is 12.5. The Labute approximate surface area is 166 Å². The van der Waals surface area contributed by atoms with Crippen LogP contribution in [0.1, 0.15) is 16.1 Å². The number of aryl methyl sites for hydroxylation is 1. The Morgan fingerprint density at radius 1 is 1.26 bits per heavy atom. The van der Waals surface area contributed by atoms with Crippen LogP contribution in [-0.2, 0) is 16.1 Å². The number of carbonyl (C=O) groups excluding carboxylic acids is 2. The molecule has 2 aromatic heterocycles. The standard InChI is InChI=1S/C17H13ClN2O5S2/c1-23-15(21)4-5-20-9-6-10-11(25-8-24-10)7-13(9)27-17(20)19-16(22)12-2-3-14(18)26-12/h2-3,6-7H,4-5,8H2,1H3. The molecule has 1 aliphatic heterocycles. The third-order valence-corrected chi connectivity index (χ3v) is 6.19. The van der Waals surface area contributed by atoms with Crippen molar-refractivity contribution in [2.24, 2.45) is 4.99 Å². The molecule has 140 valence electrons. The van der Waals surface area contributed by atoms with E-state index in [0.29, 0.717) is 32.1 Å². The molecule has 1 amide bonds. The van der Waals surface area contributed by atoms with E-state index < -0.39 is 0 Å². The summed E-state index contributed by atoms with van der Waals surface area (Å²) in [6.07, 6.45) is 0.156. The summed E-state index contributed by atoms with van der Waals surface area (Å²) in [6, 6.07) is 6.98. The quantitative estimate of drug-likeness (QED) is 0.599. The zero-order chi connectivity index (χ0) is 19.0. The fourth-order valence-corrected chi connectivity index (χ4v) is 4.63. The first-order chi connectivity index (χ1) is 13.0. The Balaban J connectivity index is 1.81. The van der Waals surface area contributed by atoms with Gasteiger partial charge in [-0.15, -0.1) is 11.3 Å². The second kappa shape index (κ2) is 7.34. The number of hydrogen-bond acceptors (Lipinski definition) is 7. The van der Waals surface area contributed by atoms with Crippen LogP contribution in [0.3, 0.4) is 0 Å². The minimum Gasteiger partial charge on any atom is -0.469 e. The van der Waals surface area contributed by atoms with Crippen LogP contribution in [0.2, 0.25) is 4.34 Å². The first-order valence-corrected chi connectivity index (χ1v) is 9.90. The van der Waals surface area contributed by atoms with E-state index in [1.54, 1.807) is 12.1 Å². The lowest BCUT2D eigenvalue weighted by atomic mass is 10.3. The van der Waals surface area contributed by atoms with E-state index in [-0.39, 0.29) is 25.1 Å². The van der Waals surface area contributed by atoms with Gasteiger partial charge < -0.3 is 18.8 Å². The highest BCUT2D eigenvalue weighted by Gasteiger charge is 2.19. The summed E-state index contributed by atoms with van der Waals surface area (Å²) in [6.45, 7) is 0.493.